The highest BCUT2D eigenvalue weighted by molar-refractivity contribution is 6.25. The second-order valence-electron chi connectivity index (χ2n) is 7.69. The molecule has 2 heterocycles. The Kier molecular flexibility index (Phi) is 4.77. The Balaban J connectivity index is 1.53. The van der Waals surface area contributed by atoms with Crippen LogP contribution < -0.4 is 5.32 Å². The third kappa shape index (κ3) is 3.28. The number of carbonyl (C=O) groups is 3. The number of amides is 2. The van der Waals surface area contributed by atoms with Crippen molar-refractivity contribution >= 4 is 28.6 Å². The zero-order valence-electron chi connectivity index (χ0n) is 16.6. The molecule has 0 saturated carbocycles. The summed E-state index contributed by atoms with van der Waals surface area (Å²) in [5.74, 6) is -1.74. The molecule has 1 atom stereocenters. The molecule has 1 fully saturated rings. The number of carbonyl (C=O) groups excluding carboxylic acids is 2. The van der Waals surface area contributed by atoms with Crippen LogP contribution in [0.3, 0.4) is 0 Å². The number of hydrogen-bond donors (Lipinski definition) is 2. The van der Waals surface area contributed by atoms with Crippen LogP contribution >= 0.6 is 0 Å². The minimum absolute atomic E-state index is 0.0742. The zero-order chi connectivity index (χ0) is 21.5. The van der Waals surface area contributed by atoms with Gasteiger partial charge in [0.2, 0.25) is 0 Å². The minimum Gasteiger partial charge on any atom is -0.478 e. The van der Waals surface area contributed by atoms with Gasteiger partial charge in [0.1, 0.15) is 0 Å². The topological polar surface area (TPSA) is 95.9 Å². The number of imide groups is 1. The fourth-order valence-corrected chi connectivity index (χ4v) is 4.29. The van der Waals surface area contributed by atoms with E-state index in [1.54, 1.807) is 24.3 Å². The van der Waals surface area contributed by atoms with Crippen LogP contribution in [0, 0.1) is 0 Å². The lowest BCUT2D eigenvalue weighted by molar-refractivity contribution is 0.0285. The number of morpholine rings is 1. The number of nitrogens with one attached hydrogen (secondary N) is 1. The fraction of sp³-hybridized carbons (Fsp3) is 0.208. The van der Waals surface area contributed by atoms with Crippen molar-refractivity contribution in [3.05, 3.63) is 82.4 Å². The van der Waals surface area contributed by atoms with E-state index in [2.05, 4.69) is 5.32 Å². The van der Waals surface area contributed by atoms with Crippen molar-refractivity contribution in [3.8, 4) is 0 Å². The Morgan fingerprint density at radius 3 is 2.45 bits per heavy atom. The van der Waals surface area contributed by atoms with Crippen molar-refractivity contribution in [2.45, 2.75) is 12.6 Å². The molecule has 2 aliphatic rings. The Hall–Kier alpha value is -3.55. The molecule has 1 saturated heterocycles. The molecule has 0 bridgehead atoms. The van der Waals surface area contributed by atoms with E-state index in [0.717, 1.165) is 17.5 Å². The van der Waals surface area contributed by atoms with Crippen molar-refractivity contribution < 1.29 is 24.2 Å². The Morgan fingerprint density at radius 1 is 1.03 bits per heavy atom. The second-order valence-corrected chi connectivity index (χ2v) is 7.69. The predicted octanol–water partition coefficient (Wildman–Crippen LogP) is 3.00. The van der Waals surface area contributed by atoms with Gasteiger partial charge in [-0.1, -0.05) is 30.3 Å². The molecule has 7 nitrogen and oxygen atoms in total. The van der Waals surface area contributed by atoms with Gasteiger partial charge in [0, 0.05) is 29.6 Å². The summed E-state index contributed by atoms with van der Waals surface area (Å²) in [7, 11) is 0. The highest BCUT2D eigenvalue weighted by Gasteiger charge is 2.34. The van der Waals surface area contributed by atoms with Gasteiger partial charge >= 0.3 is 5.97 Å². The van der Waals surface area contributed by atoms with E-state index in [-0.39, 0.29) is 30.0 Å². The molecule has 7 heteroatoms. The smallest absolute Gasteiger partial charge is 0.335 e. The lowest BCUT2D eigenvalue weighted by atomic mass is 9.89. The molecule has 2 N–H and O–H groups in total. The third-order valence-corrected chi connectivity index (χ3v) is 5.84. The largest absolute Gasteiger partial charge is 0.478 e. The number of ether oxygens (including phenoxy) is 1. The van der Waals surface area contributed by atoms with Crippen LogP contribution in [0.15, 0.2) is 54.6 Å². The van der Waals surface area contributed by atoms with E-state index in [9.17, 15) is 14.4 Å². The number of aromatic carboxylic acids is 1. The van der Waals surface area contributed by atoms with Gasteiger partial charge in [-0.25, -0.2) is 4.79 Å². The Bertz CT molecular complexity index is 1190. The number of carboxylic acid groups (broad SMARTS) is 1. The summed E-state index contributed by atoms with van der Waals surface area (Å²) in [6.07, 6.45) is -0.131. The van der Waals surface area contributed by atoms with Gasteiger partial charge < -0.3 is 15.2 Å². The molecule has 31 heavy (non-hydrogen) atoms. The van der Waals surface area contributed by atoms with E-state index in [4.69, 9.17) is 9.84 Å². The first-order valence-electron chi connectivity index (χ1n) is 10.1. The van der Waals surface area contributed by atoms with Crippen molar-refractivity contribution in [3.63, 3.8) is 0 Å². The van der Waals surface area contributed by atoms with Gasteiger partial charge in [-0.3, -0.25) is 14.5 Å². The van der Waals surface area contributed by atoms with E-state index in [0.29, 0.717) is 35.2 Å². The average molecular weight is 416 g/mol. The summed E-state index contributed by atoms with van der Waals surface area (Å²) in [6.45, 7) is 2.17. The van der Waals surface area contributed by atoms with Gasteiger partial charge in [-0.2, -0.15) is 0 Å². The van der Waals surface area contributed by atoms with E-state index >= 15 is 0 Å². The third-order valence-electron chi connectivity index (χ3n) is 5.84. The molecule has 0 aromatic heterocycles. The lowest BCUT2D eigenvalue weighted by Crippen LogP contribution is -2.40. The maximum absolute atomic E-state index is 13.2. The first kappa shape index (κ1) is 19.4. The zero-order valence-corrected chi connectivity index (χ0v) is 16.6. The molecule has 3 aromatic carbocycles. The molecule has 0 spiro atoms. The summed E-state index contributed by atoms with van der Waals surface area (Å²) in [5, 5.41) is 13.9. The maximum atomic E-state index is 13.2. The average Bonchev–Trinajstić information content (AvgIpc) is 2.80. The molecule has 0 radical (unpaired) electrons. The molecule has 3 aromatic rings. The van der Waals surface area contributed by atoms with Gasteiger partial charge in [-0.05, 0) is 40.8 Å². The second kappa shape index (κ2) is 7.61. The van der Waals surface area contributed by atoms with Crippen LogP contribution in [0.2, 0.25) is 0 Å². The molecule has 5 rings (SSSR count). The Labute approximate surface area is 178 Å². The molecule has 156 valence electrons. The maximum Gasteiger partial charge on any atom is 0.335 e. The quantitative estimate of drug-likeness (QED) is 0.635. The summed E-state index contributed by atoms with van der Waals surface area (Å²) in [6, 6.07) is 15.4. The van der Waals surface area contributed by atoms with Gasteiger partial charge in [0.05, 0.1) is 24.8 Å². The number of hydrogen-bond acceptors (Lipinski definition) is 5. The van der Waals surface area contributed by atoms with Crippen LogP contribution in [-0.2, 0) is 11.3 Å². The summed E-state index contributed by atoms with van der Waals surface area (Å²) >= 11 is 0. The monoisotopic (exact) mass is 416 g/mol. The Morgan fingerprint density at radius 2 is 1.77 bits per heavy atom. The first-order chi connectivity index (χ1) is 15.0. The summed E-state index contributed by atoms with van der Waals surface area (Å²) in [5.41, 5.74) is 2.77. The first-order valence-corrected chi connectivity index (χ1v) is 10.1. The molecule has 2 aliphatic heterocycles. The number of nitrogens with zero attached hydrogens (tertiary/aromatic N) is 1. The minimum atomic E-state index is -1.02. The van der Waals surface area contributed by atoms with Crippen molar-refractivity contribution in [2.75, 3.05) is 19.7 Å². The normalized spacial score (nSPS) is 18.5. The molecule has 2 amide bonds. The molecule has 0 aliphatic carbocycles. The highest BCUT2D eigenvalue weighted by atomic mass is 16.5. The van der Waals surface area contributed by atoms with Gasteiger partial charge in [-0.15, -0.1) is 0 Å². The predicted molar refractivity (Wildman–Crippen MR) is 113 cm³/mol. The van der Waals surface area contributed by atoms with E-state index in [1.165, 1.54) is 17.0 Å². The van der Waals surface area contributed by atoms with Crippen LogP contribution in [0.5, 0.6) is 0 Å². The van der Waals surface area contributed by atoms with Crippen molar-refractivity contribution in [1.82, 2.24) is 10.2 Å². The van der Waals surface area contributed by atoms with Crippen LogP contribution in [0.4, 0.5) is 0 Å². The van der Waals surface area contributed by atoms with Crippen LogP contribution in [0.1, 0.15) is 48.3 Å². The van der Waals surface area contributed by atoms with Crippen molar-refractivity contribution in [1.29, 1.82) is 0 Å². The number of rotatable bonds is 4. The highest BCUT2D eigenvalue weighted by Crippen LogP contribution is 2.36. The fourth-order valence-electron chi connectivity index (χ4n) is 4.29. The van der Waals surface area contributed by atoms with Crippen LogP contribution in [-0.4, -0.2) is 47.5 Å². The van der Waals surface area contributed by atoms with Crippen LogP contribution in [0.25, 0.3) is 10.8 Å². The number of benzene rings is 3. The van der Waals surface area contributed by atoms with E-state index in [1.807, 2.05) is 18.2 Å². The number of carboxylic acids is 1. The summed E-state index contributed by atoms with van der Waals surface area (Å²) < 4.78 is 5.90. The van der Waals surface area contributed by atoms with Crippen molar-refractivity contribution in [2.24, 2.45) is 0 Å². The van der Waals surface area contributed by atoms with E-state index < -0.39 is 5.97 Å². The molecule has 1 unspecified atom stereocenters. The SMILES string of the molecule is O=C(O)c1ccc(CN2C(=O)c3cccc4c(C5CNCCO5)ccc(c34)C2=O)cc1. The van der Waals surface area contributed by atoms with Gasteiger partial charge in [0.25, 0.3) is 11.8 Å². The molecular formula is C24H20N2O5. The standard InChI is InChI=1S/C24H20N2O5/c27-22-18-3-1-2-17-16(20-12-25-10-11-31-20)8-9-19(21(17)18)23(28)26(22)13-14-4-6-15(7-5-14)24(29)30/h1-9,20,25H,10-13H2,(H,29,30). The molecular weight excluding hydrogens is 396 g/mol. The summed E-state index contributed by atoms with van der Waals surface area (Å²) in [4.78, 5) is 38.8. The van der Waals surface area contributed by atoms with Gasteiger partial charge in [0.15, 0.2) is 0 Å². The lowest BCUT2D eigenvalue weighted by Gasteiger charge is -2.30.